The fraction of sp³-hybridized carbons (Fsp3) is 0.250. The summed E-state index contributed by atoms with van der Waals surface area (Å²) in [4.78, 5) is 34.6. The molecule has 0 aromatic heterocycles. The van der Waals surface area contributed by atoms with Crippen LogP contribution in [-0.4, -0.2) is 37.4 Å². The van der Waals surface area contributed by atoms with E-state index in [0.717, 1.165) is 0 Å². The van der Waals surface area contributed by atoms with Crippen molar-refractivity contribution in [1.29, 1.82) is 0 Å². The predicted molar refractivity (Wildman–Crippen MR) is 94.6 cm³/mol. The fourth-order valence-corrected chi connectivity index (χ4v) is 2.10. The topological polar surface area (TPSA) is 78.9 Å². The van der Waals surface area contributed by atoms with Crippen LogP contribution in [0.1, 0.15) is 29.8 Å². The lowest BCUT2D eigenvalue weighted by Crippen LogP contribution is -2.14. The normalized spacial score (nSPS) is 10.1. The monoisotopic (exact) mass is 356 g/mol. The molecular formula is C20H20O6. The van der Waals surface area contributed by atoms with E-state index >= 15 is 0 Å². The Morgan fingerprint density at radius 3 is 1.65 bits per heavy atom. The second-order valence-corrected chi connectivity index (χ2v) is 5.46. The Kier molecular flexibility index (Phi) is 6.91. The summed E-state index contributed by atoms with van der Waals surface area (Å²) in [6, 6.07) is 13.1. The first-order valence-corrected chi connectivity index (χ1v) is 8.15. The van der Waals surface area contributed by atoms with E-state index in [9.17, 15) is 14.4 Å². The highest BCUT2D eigenvalue weighted by Gasteiger charge is 2.10. The van der Waals surface area contributed by atoms with E-state index in [4.69, 9.17) is 14.2 Å². The van der Waals surface area contributed by atoms with Gasteiger partial charge in [0.25, 0.3) is 0 Å². The number of benzene rings is 2. The number of Topliss-reactive ketones (excluding diaryl/α,β-unsaturated/α-hetero) is 1. The summed E-state index contributed by atoms with van der Waals surface area (Å²) in [5.74, 6) is 0.331. The molecule has 0 spiro atoms. The van der Waals surface area contributed by atoms with Gasteiger partial charge in [-0.05, 0) is 62.4 Å². The molecule has 6 nitrogen and oxygen atoms in total. The van der Waals surface area contributed by atoms with Gasteiger partial charge < -0.3 is 14.2 Å². The van der Waals surface area contributed by atoms with Crippen LogP contribution in [0.4, 0.5) is 0 Å². The van der Waals surface area contributed by atoms with Gasteiger partial charge in [-0.15, -0.1) is 0 Å². The first-order valence-electron chi connectivity index (χ1n) is 8.15. The van der Waals surface area contributed by atoms with E-state index < -0.39 is 5.97 Å². The minimum absolute atomic E-state index is 0.000550. The number of carbonyl (C=O) groups is 3. The van der Waals surface area contributed by atoms with Gasteiger partial charge in [-0.25, -0.2) is 4.79 Å². The van der Waals surface area contributed by atoms with E-state index in [-0.39, 0.29) is 24.8 Å². The van der Waals surface area contributed by atoms with Gasteiger partial charge in [-0.2, -0.15) is 0 Å². The van der Waals surface area contributed by atoms with Gasteiger partial charge in [0.1, 0.15) is 18.1 Å². The molecule has 0 N–H and O–H groups in total. The summed E-state index contributed by atoms with van der Waals surface area (Å²) in [5, 5.41) is 0. The van der Waals surface area contributed by atoms with Crippen molar-refractivity contribution in [1.82, 2.24) is 0 Å². The largest absolute Gasteiger partial charge is 0.486 e. The maximum absolute atomic E-state index is 12.5. The highest BCUT2D eigenvalue weighted by Crippen LogP contribution is 2.18. The Hall–Kier alpha value is -3.15. The Bertz CT molecular complexity index is 762. The van der Waals surface area contributed by atoms with Crippen molar-refractivity contribution in [3.05, 3.63) is 59.7 Å². The van der Waals surface area contributed by atoms with Crippen molar-refractivity contribution >= 4 is 17.5 Å². The molecule has 2 aromatic carbocycles. The van der Waals surface area contributed by atoms with Crippen molar-refractivity contribution in [2.24, 2.45) is 0 Å². The highest BCUT2D eigenvalue weighted by molar-refractivity contribution is 6.09. The van der Waals surface area contributed by atoms with Gasteiger partial charge in [0.05, 0.1) is 6.61 Å². The molecule has 0 heterocycles. The van der Waals surface area contributed by atoms with Crippen LogP contribution in [0, 0.1) is 0 Å². The quantitative estimate of drug-likeness (QED) is 0.508. The molecule has 0 aliphatic rings. The molecule has 2 aromatic rings. The van der Waals surface area contributed by atoms with Crippen molar-refractivity contribution in [3.63, 3.8) is 0 Å². The molecule has 0 bridgehead atoms. The minimum atomic E-state index is -0.445. The van der Waals surface area contributed by atoms with Gasteiger partial charge in [-0.1, -0.05) is 0 Å². The first-order chi connectivity index (χ1) is 12.5. The van der Waals surface area contributed by atoms with Gasteiger partial charge in [0.15, 0.2) is 18.2 Å². The fourth-order valence-electron chi connectivity index (χ4n) is 2.10. The van der Waals surface area contributed by atoms with E-state index in [0.29, 0.717) is 29.2 Å². The number of ketones is 2. The average molecular weight is 356 g/mol. The summed E-state index contributed by atoms with van der Waals surface area (Å²) >= 11 is 0. The number of esters is 1. The predicted octanol–water partition coefficient (Wildman–Crippen LogP) is 2.83. The molecule has 0 unspecified atom stereocenters. The second-order valence-electron chi connectivity index (χ2n) is 5.46. The van der Waals surface area contributed by atoms with E-state index in [1.807, 2.05) is 0 Å². The second kappa shape index (κ2) is 9.36. The third kappa shape index (κ3) is 5.73. The van der Waals surface area contributed by atoms with Crippen LogP contribution >= 0.6 is 0 Å². The Balaban J connectivity index is 1.96. The summed E-state index contributed by atoms with van der Waals surface area (Å²) in [5.41, 5.74) is 0.992. The summed E-state index contributed by atoms with van der Waals surface area (Å²) < 4.78 is 15.3. The van der Waals surface area contributed by atoms with Crippen molar-refractivity contribution < 1.29 is 28.6 Å². The lowest BCUT2D eigenvalue weighted by atomic mass is 10.0. The lowest BCUT2D eigenvalue weighted by molar-refractivity contribution is -0.145. The van der Waals surface area contributed by atoms with Crippen LogP contribution in [-0.2, 0) is 14.3 Å². The van der Waals surface area contributed by atoms with Crippen LogP contribution in [0.5, 0.6) is 11.5 Å². The summed E-state index contributed by atoms with van der Waals surface area (Å²) in [6.45, 7) is 3.29. The first kappa shape index (κ1) is 19.2. The molecule has 0 amide bonds. The molecule has 0 fully saturated rings. The van der Waals surface area contributed by atoms with Crippen LogP contribution in [0.3, 0.4) is 0 Å². The van der Waals surface area contributed by atoms with E-state index in [1.54, 1.807) is 55.5 Å². The molecule has 0 saturated heterocycles. The standard InChI is InChI=1S/C20H20O6/c1-3-24-19(22)13-26-18-10-6-16(7-11-18)20(23)15-4-8-17(9-5-15)25-12-14(2)21/h4-11H,3,12-13H2,1-2H3. The molecule has 0 radical (unpaired) electrons. The molecule has 26 heavy (non-hydrogen) atoms. The van der Waals surface area contributed by atoms with Crippen LogP contribution in [0.2, 0.25) is 0 Å². The summed E-state index contributed by atoms with van der Waals surface area (Å²) in [7, 11) is 0. The Morgan fingerprint density at radius 2 is 1.23 bits per heavy atom. The summed E-state index contributed by atoms with van der Waals surface area (Å²) in [6.07, 6.45) is 0. The van der Waals surface area contributed by atoms with Gasteiger partial charge in [0, 0.05) is 11.1 Å². The molecule has 136 valence electrons. The number of rotatable bonds is 9. The van der Waals surface area contributed by atoms with Crippen molar-refractivity contribution in [3.8, 4) is 11.5 Å². The Morgan fingerprint density at radius 1 is 0.769 bits per heavy atom. The number of carbonyl (C=O) groups excluding carboxylic acids is 3. The van der Waals surface area contributed by atoms with Crippen LogP contribution in [0.25, 0.3) is 0 Å². The van der Waals surface area contributed by atoms with E-state index in [1.165, 1.54) is 6.92 Å². The van der Waals surface area contributed by atoms with Crippen LogP contribution in [0.15, 0.2) is 48.5 Å². The molecular weight excluding hydrogens is 336 g/mol. The number of hydrogen-bond donors (Lipinski definition) is 0. The van der Waals surface area contributed by atoms with Crippen molar-refractivity contribution in [2.75, 3.05) is 19.8 Å². The van der Waals surface area contributed by atoms with Gasteiger partial charge >= 0.3 is 5.97 Å². The molecule has 0 atom stereocenters. The molecule has 6 heteroatoms. The zero-order chi connectivity index (χ0) is 18.9. The lowest BCUT2D eigenvalue weighted by Gasteiger charge is -2.07. The van der Waals surface area contributed by atoms with Crippen molar-refractivity contribution in [2.45, 2.75) is 13.8 Å². The third-order valence-corrected chi connectivity index (χ3v) is 3.34. The molecule has 0 saturated carbocycles. The maximum atomic E-state index is 12.5. The maximum Gasteiger partial charge on any atom is 0.344 e. The zero-order valence-electron chi connectivity index (χ0n) is 14.7. The molecule has 0 aliphatic heterocycles. The minimum Gasteiger partial charge on any atom is -0.486 e. The van der Waals surface area contributed by atoms with Crippen LogP contribution < -0.4 is 9.47 Å². The van der Waals surface area contributed by atoms with Gasteiger partial charge in [-0.3, -0.25) is 9.59 Å². The smallest absolute Gasteiger partial charge is 0.344 e. The number of hydrogen-bond acceptors (Lipinski definition) is 6. The molecule has 0 aliphatic carbocycles. The number of ether oxygens (including phenoxy) is 3. The molecule has 2 rings (SSSR count). The highest BCUT2D eigenvalue weighted by atomic mass is 16.6. The zero-order valence-corrected chi connectivity index (χ0v) is 14.7. The third-order valence-electron chi connectivity index (χ3n) is 3.34. The SMILES string of the molecule is CCOC(=O)COc1ccc(C(=O)c2ccc(OCC(C)=O)cc2)cc1. The Labute approximate surface area is 151 Å². The average Bonchev–Trinajstić information content (AvgIpc) is 2.65. The van der Waals surface area contributed by atoms with Gasteiger partial charge in [0.2, 0.25) is 0 Å². The van der Waals surface area contributed by atoms with E-state index in [2.05, 4.69) is 0 Å².